The second-order valence-electron chi connectivity index (χ2n) is 3.46. The summed E-state index contributed by atoms with van der Waals surface area (Å²) in [5.41, 5.74) is 0.742. The van der Waals surface area contributed by atoms with E-state index in [2.05, 4.69) is 5.16 Å². The van der Waals surface area contributed by atoms with Crippen molar-refractivity contribution in [3.63, 3.8) is 0 Å². The van der Waals surface area contributed by atoms with Crippen LogP contribution in [0.25, 0.3) is 0 Å². The molecule has 6 nitrogen and oxygen atoms in total. The highest BCUT2D eigenvalue weighted by Crippen LogP contribution is 2.51. The van der Waals surface area contributed by atoms with E-state index in [4.69, 9.17) is 14.1 Å². The highest BCUT2D eigenvalue weighted by atomic mass is 32.2. The third-order valence-electron chi connectivity index (χ3n) is 2.81. The first-order valence-corrected chi connectivity index (χ1v) is 10.3. The normalized spacial score (nSPS) is 12.9. The first-order chi connectivity index (χ1) is 9.50. The molecule has 0 aromatic carbocycles. The van der Waals surface area contributed by atoms with Crippen LogP contribution in [0.2, 0.25) is 0 Å². The van der Waals surface area contributed by atoms with Crippen molar-refractivity contribution in [2.75, 3.05) is 39.2 Å². The Bertz CT molecular complexity index is 418. The van der Waals surface area contributed by atoms with Gasteiger partial charge in [0.1, 0.15) is 0 Å². The van der Waals surface area contributed by atoms with Gasteiger partial charge in [-0.05, 0) is 29.9 Å². The Balaban J connectivity index is 3.53. The summed E-state index contributed by atoms with van der Waals surface area (Å²) >= 11 is 5.67. The summed E-state index contributed by atoms with van der Waals surface area (Å²) in [5, 5.41) is 16.0. The molecule has 0 fully saturated rings. The Morgan fingerprint density at radius 1 is 1.00 bits per heavy atom. The molecular weight excluding hydrogens is 340 g/mol. The van der Waals surface area contributed by atoms with Gasteiger partial charge in [-0.15, -0.1) is 47.0 Å². The Hall–Kier alpha value is 0.260. The molecular formula is C10H18N2O4S4. The molecule has 0 bridgehead atoms. The lowest BCUT2D eigenvalue weighted by Gasteiger charge is -2.29. The quantitative estimate of drug-likeness (QED) is 0.514. The van der Waals surface area contributed by atoms with Gasteiger partial charge in [0.25, 0.3) is 11.4 Å². The smallest absolute Gasteiger partial charge is 0.279 e. The van der Waals surface area contributed by atoms with Gasteiger partial charge in [0, 0.05) is 19.4 Å². The van der Waals surface area contributed by atoms with Gasteiger partial charge < -0.3 is 14.7 Å². The molecule has 1 rings (SSSR count). The van der Waals surface area contributed by atoms with Crippen LogP contribution in [0, 0.1) is 5.21 Å². The lowest BCUT2D eigenvalue weighted by Crippen LogP contribution is -2.40. The fourth-order valence-electron chi connectivity index (χ4n) is 1.79. The van der Waals surface area contributed by atoms with Gasteiger partial charge in [-0.3, -0.25) is 4.63 Å². The number of nitrogens with zero attached hydrogens (tertiary/aromatic N) is 2. The Labute approximate surface area is 135 Å². The average molecular weight is 359 g/mol. The van der Waals surface area contributed by atoms with Crippen LogP contribution >= 0.6 is 47.0 Å². The molecule has 0 aliphatic carbocycles. The molecule has 0 aliphatic heterocycles. The van der Waals surface area contributed by atoms with Crippen molar-refractivity contribution in [2.45, 2.75) is 8.53 Å². The van der Waals surface area contributed by atoms with Crippen LogP contribution < -0.4 is 4.90 Å². The summed E-state index contributed by atoms with van der Waals surface area (Å²) in [5.74, 6) is 0. The number of rotatable bonds is 8. The number of methoxy groups -OCH3 is 2. The van der Waals surface area contributed by atoms with Crippen molar-refractivity contribution in [1.82, 2.24) is 5.16 Å². The van der Waals surface area contributed by atoms with Gasteiger partial charge in [-0.1, -0.05) is 0 Å². The van der Waals surface area contributed by atoms with Crippen LogP contribution in [0.3, 0.4) is 0 Å². The number of hydrogen-bond donors (Lipinski definition) is 0. The maximum Gasteiger partial charge on any atom is 0.279 e. The second kappa shape index (κ2) is 7.50. The summed E-state index contributed by atoms with van der Waals surface area (Å²) < 4.78 is 14.2. The molecule has 0 radical (unpaired) electrons. The topological polar surface area (TPSA) is 71.4 Å². The lowest BCUT2D eigenvalue weighted by molar-refractivity contribution is -0.809. The van der Waals surface area contributed by atoms with E-state index in [1.54, 1.807) is 14.2 Å². The van der Waals surface area contributed by atoms with Crippen molar-refractivity contribution in [2.24, 2.45) is 0 Å². The third kappa shape index (κ3) is 2.91. The monoisotopic (exact) mass is 358 g/mol. The summed E-state index contributed by atoms with van der Waals surface area (Å²) in [6.07, 6.45) is 7.51. The summed E-state index contributed by atoms with van der Waals surface area (Å²) in [6.45, 7) is 0. The zero-order valence-electron chi connectivity index (χ0n) is 12.2. The maximum absolute atomic E-state index is 12.1. The van der Waals surface area contributed by atoms with Crippen LogP contribution in [-0.4, -0.2) is 44.4 Å². The van der Waals surface area contributed by atoms with Crippen LogP contribution in [0.5, 0.6) is 0 Å². The predicted octanol–water partition coefficient (Wildman–Crippen LogP) is 2.27. The van der Waals surface area contributed by atoms with Crippen LogP contribution in [-0.2, 0) is 18.0 Å². The van der Waals surface area contributed by atoms with Gasteiger partial charge in [0.2, 0.25) is 8.53 Å². The molecule has 0 N–H and O–H groups in total. The standard InChI is InChI=1S/C10H18N2O4S4/c1-14-9(17-3,18-4)7-8(12(13)16-11-7)10(15-2,19-5)20-6/h1-6H3. The van der Waals surface area contributed by atoms with Crippen LogP contribution in [0.15, 0.2) is 4.63 Å². The molecule has 0 saturated carbocycles. The van der Waals surface area contributed by atoms with E-state index < -0.39 is 8.53 Å². The molecule has 20 heavy (non-hydrogen) atoms. The van der Waals surface area contributed by atoms with E-state index in [0.29, 0.717) is 16.3 Å². The Kier molecular flexibility index (Phi) is 6.87. The van der Waals surface area contributed by atoms with E-state index in [1.165, 1.54) is 47.0 Å². The SMILES string of the molecule is COC(SC)(SC)c1no[n+]([O-])c1C(OC)(SC)SC. The molecule has 10 heteroatoms. The van der Waals surface area contributed by atoms with Crippen molar-refractivity contribution < 1.29 is 19.0 Å². The average Bonchev–Trinajstić information content (AvgIpc) is 2.88. The first-order valence-electron chi connectivity index (χ1n) is 5.42. The molecule has 0 spiro atoms. The second-order valence-corrected chi connectivity index (χ2v) is 7.91. The molecule has 0 atom stereocenters. The molecule has 116 valence electrons. The van der Waals surface area contributed by atoms with E-state index in [9.17, 15) is 5.21 Å². The minimum Gasteiger partial charge on any atom is -0.359 e. The summed E-state index contributed by atoms with van der Waals surface area (Å²) in [4.78, 5) is 0.395. The summed E-state index contributed by atoms with van der Waals surface area (Å²) in [6, 6.07) is 0. The van der Waals surface area contributed by atoms with E-state index >= 15 is 0 Å². The molecule has 1 aromatic rings. The van der Waals surface area contributed by atoms with Crippen LogP contribution in [0.1, 0.15) is 11.4 Å². The fourth-order valence-corrected chi connectivity index (χ4v) is 5.17. The fraction of sp³-hybridized carbons (Fsp3) is 0.800. The summed E-state index contributed by atoms with van der Waals surface area (Å²) in [7, 11) is 3.13. The van der Waals surface area contributed by atoms with Crippen LogP contribution in [0.4, 0.5) is 0 Å². The van der Waals surface area contributed by atoms with Crippen molar-refractivity contribution in [3.05, 3.63) is 16.6 Å². The van der Waals surface area contributed by atoms with E-state index in [1.807, 2.05) is 25.0 Å². The van der Waals surface area contributed by atoms with Gasteiger partial charge in [0.15, 0.2) is 0 Å². The molecule has 0 saturated heterocycles. The van der Waals surface area contributed by atoms with Gasteiger partial charge in [-0.25, -0.2) is 0 Å². The zero-order chi connectivity index (χ0) is 15.4. The number of thioether (sulfide) groups is 4. The number of hydrogen-bond acceptors (Lipinski definition) is 9. The van der Waals surface area contributed by atoms with Gasteiger partial charge in [-0.2, -0.15) is 0 Å². The van der Waals surface area contributed by atoms with Crippen molar-refractivity contribution >= 4 is 47.0 Å². The van der Waals surface area contributed by atoms with Crippen molar-refractivity contribution in [3.8, 4) is 0 Å². The lowest BCUT2D eigenvalue weighted by atomic mass is 10.3. The van der Waals surface area contributed by atoms with E-state index in [0.717, 1.165) is 0 Å². The Morgan fingerprint density at radius 2 is 1.45 bits per heavy atom. The minimum absolute atomic E-state index is 0.311. The minimum atomic E-state index is -0.897. The third-order valence-corrected chi connectivity index (χ3v) is 8.40. The zero-order valence-corrected chi connectivity index (χ0v) is 15.4. The molecule has 1 heterocycles. The highest BCUT2D eigenvalue weighted by molar-refractivity contribution is 8.17. The molecule has 0 unspecified atom stereocenters. The Morgan fingerprint density at radius 3 is 1.80 bits per heavy atom. The largest absolute Gasteiger partial charge is 0.359 e. The van der Waals surface area contributed by atoms with Gasteiger partial charge in [0.05, 0.1) is 0 Å². The van der Waals surface area contributed by atoms with Crippen molar-refractivity contribution in [1.29, 1.82) is 0 Å². The van der Waals surface area contributed by atoms with Gasteiger partial charge >= 0.3 is 0 Å². The predicted molar refractivity (Wildman–Crippen MR) is 86.9 cm³/mol. The molecule has 0 amide bonds. The first kappa shape index (κ1) is 18.3. The maximum atomic E-state index is 12.1. The highest BCUT2D eigenvalue weighted by Gasteiger charge is 2.51. The molecule has 1 aromatic heterocycles. The number of ether oxygens (including phenoxy) is 2. The number of aromatic nitrogens is 2. The molecule has 0 aliphatic rings. The van der Waals surface area contributed by atoms with E-state index in [-0.39, 0.29) is 0 Å².